The van der Waals surface area contributed by atoms with E-state index in [1.165, 1.54) is 6.33 Å². The van der Waals surface area contributed by atoms with Crippen molar-refractivity contribution < 1.29 is 4.79 Å². The van der Waals surface area contributed by atoms with Gasteiger partial charge in [-0.3, -0.25) is 9.89 Å². The van der Waals surface area contributed by atoms with Crippen LogP contribution in [0.4, 0.5) is 0 Å². The molecule has 0 spiro atoms. The molecule has 1 heterocycles. The number of amides is 1. The van der Waals surface area contributed by atoms with Gasteiger partial charge in [0, 0.05) is 11.8 Å². The molecule has 13 heavy (non-hydrogen) atoms. The quantitative estimate of drug-likeness (QED) is 0.732. The van der Waals surface area contributed by atoms with Crippen LogP contribution < -0.4 is 5.32 Å². The van der Waals surface area contributed by atoms with Crippen LogP contribution in [0.5, 0.6) is 0 Å². The normalized spacial score (nSPS) is 12.5. The molecule has 0 saturated carbocycles. The van der Waals surface area contributed by atoms with Gasteiger partial charge in [-0.2, -0.15) is 16.9 Å². The fraction of sp³-hybridized carbons (Fsp3) is 0.571. The first-order valence-electron chi connectivity index (χ1n) is 3.90. The predicted octanol–water partition coefficient (Wildman–Crippen LogP) is 0.286. The van der Waals surface area contributed by atoms with E-state index < -0.39 is 0 Å². The second kappa shape index (κ2) is 4.86. The molecule has 0 bridgehead atoms. The van der Waals surface area contributed by atoms with Crippen molar-refractivity contribution in [2.45, 2.75) is 12.2 Å². The Bertz CT molecular complexity index is 261. The minimum atomic E-state index is -0.210. The maximum atomic E-state index is 11.3. The molecule has 1 aromatic rings. The minimum absolute atomic E-state index is 0.210. The highest BCUT2D eigenvalue weighted by atomic mass is 32.2. The molecular weight excluding hydrogens is 188 g/mol. The molecule has 1 amide bonds. The Hall–Kier alpha value is -1.04. The number of rotatable bonds is 4. The number of nitrogens with zero attached hydrogens (tertiary/aromatic N) is 2. The average Bonchev–Trinajstić information content (AvgIpc) is 2.66. The van der Waals surface area contributed by atoms with Crippen LogP contribution in [0, 0.1) is 0 Å². The van der Waals surface area contributed by atoms with Crippen molar-refractivity contribution in [3.8, 4) is 0 Å². The lowest BCUT2D eigenvalue weighted by atomic mass is 10.4. The summed E-state index contributed by atoms with van der Waals surface area (Å²) >= 11 is 1.70. The van der Waals surface area contributed by atoms with Gasteiger partial charge in [0.05, 0.1) is 0 Å². The third kappa shape index (κ3) is 3.06. The molecule has 1 atom stereocenters. The number of nitrogens with one attached hydrogen (secondary N) is 2. The Morgan fingerprint density at radius 1 is 1.85 bits per heavy atom. The summed E-state index contributed by atoms with van der Waals surface area (Å²) in [6.07, 6.45) is 3.32. The first-order valence-corrected chi connectivity index (χ1v) is 5.19. The Morgan fingerprint density at radius 3 is 3.15 bits per heavy atom. The fourth-order valence-corrected chi connectivity index (χ4v) is 0.968. The molecule has 1 unspecified atom stereocenters. The Balaban J connectivity index is 2.35. The number of carbonyl (C=O) groups is 1. The second-order valence-corrected chi connectivity index (χ2v) is 3.87. The summed E-state index contributed by atoms with van der Waals surface area (Å²) in [7, 11) is 0. The highest BCUT2D eigenvalue weighted by molar-refractivity contribution is 7.99. The maximum Gasteiger partial charge on any atom is 0.288 e. The third-order valence-electron chi connectivity index (χ3n) is 1.58. The van der Waals surface area contributed by atoms with Crippen LogP contribution in [0.1, 0.15) is 17.5 Å². The number of H-pyrrole nitrogens is 1. The van der Waals surface area contributed by atoms with E-state index in [0.29, 0.717) is 11.8 Å². The van der Waals surface area contributed by atoms with Crippen LogP contribution >= 0.6 is 11.8 Å². The molecule has 1 rings (SSSR count). The molecule has 0 fully saturated rings. The highest BCUT2D eigenvalue weighted by Gasteiger charge is 2.08. The van der Waals surface area contributed by atoms with E-state index in [1.807, 2.05) is 13.2 Å². The summed E-state index contributed by atoms with van der Waals surface area (Å²) in [5.41, 5.74) is 0. The van der Waals surface area contributed by atoms with Crippen molar-refractivity contribution in [1.82, 2.24) is 20.5 Å². The van der Waals surface area contributed by atoms with E-state index >= 15 is 0 Å². The topological polar surface area (TPSA) is 70.7 Å². The third-order valence-corrected chi connectivity index (χ3v) is 2.55. The van der Waals surface area contributed by atoms with Gasteiger partial charge in [0.25, 0.3) is 5.91 Å². The SMILES string of the molecule is CSC(C)CNC(=O)c1ncn[nH]1. The number of hydrogen-bond donors (Lipinski definition) is 2. The lowest BCUT2D eigenvalue weighted by Gasteiger charge is -2.07. The van der Waals surface area contributed by atoms with Crippen LogP contribution in [0.3, 0.4) is 0 Å². The Morgan fingerprint density at radius 2 is 2.62 bits per heavy atom. The molecule has 5 nitrogen and oxygen atoms in total. The van der Waals surface area contributed by atoms with Gasteiger partial charge in [0.1, 0.15) is 6.33 Å². The maximum absolute atomic E-state index is 11.3. The van der Waals surface area contributed by atoms with Gasteiger partial charge >= 0.3 is 0 Å². The predicted molar refractivity (Wildman–Crippen MR) is 51.7 cm³/mol. The molecule has 6 heteroatoms. The molecule has 0 aromatic carbocycles. The second-order valence-electron chi connectivity index (χ2n) is 2.59. The van der Waals surface area contributed by atoms with Crippen molar-refractivity contribution in [1.29, 1.82) is 0 Å². The molecule has 0 aliphatic heterocycles. The summed E-state index contributed by atoms with van der Waals surface area (Å²) in [6, 6.07) is 0. The number of aromatic amines is 1. The molecule has 2 N–H and O–H groups in total. The van der Waals surface area contributed by atoms with Gasteiger partial charge < -0.3 is 5.32 Å². The van der Waals surface area contributed by atoms with Gasteiger partial charge in [-0.25, -0.2) is 4.98 Å². The summed E-state index contributed by atoms with van der Waals surface area (Å²) in [4.78, 5) is 15.0. The minimum Gasteiger partial charge on any atom is -0.348 e. The number of hydrogen-bond acceptors (Lipinski definition) is 4. The van der Waals surface area contributed by atoms with E-state index in [9.17, 15) is 4.79 Å². The Kier molecular flexibility index (Phi) is 3.75. The summed E-state index contributed by atoms with van der Waals surface area (Å²) in [5, 5.41) is 9.24. The van der Waals surface area contributed by atoms with Gasteiger partial charge in [-0.1, -0.05) is 6.92 Å². The van der Waals surface area contributed by atoms with Gasteiger partial charge in [0.2, 0.25) is 5.82 Å². The molecule has 0 radical (unpaired) electrons. The lowest BCUT2D eigenvalue weighted by molar-refractivity contribution is 0.0944. The average molecular weight is 200 g/mol. The molecule has 0 saturated heterocycles. The van der Waals surface area contributed by atoms with Crippen molar-refractivity contribution in [2.24, 2.45) is 0 Å². The van der Waals surface area contributed by atoms with Gasteiger partial charge in [-0.15, -0.1) is 0 Å². The molecule has 0 aliphatic rings. The zero-order chi connectivity index (χ0) is 9.68. The van der Waals surface area contributed by atoms with Crippen molar-refractivity contribution in [3.63, 3.8) is 0 Å². The first-order chi connectivity index (χ1) is 6.24. The van der Waals surface area contributed by atoms with E-state index in [-0.39, 0.29) is 11.7 Å². The highest BCUT2D eigenvalue weighted by Crippen LogP contribution is 2.02. The summed E-state index contributed by atoms with van der Waals surface area (Å²) in [6.45, 7) is 2.69. The fourth-order valence-electron chi connectivity index (χ4n) is 0.718. The van der Waals surface area contributed by atoms with Crippen LogP contribution in [-0.4, -0.2) is 39.1 Å². The molecule has 72 valence electrons. The van der Waals surface area contributed by atoms with Crippen LogP contribution in [0.15, 0.2) is 6.33 Å². The number of aromatic nitrogens is 3. The van der Waals surface area contributed by atoms with Crippen molar-refractivity contribution in [3.05, 3.63) is 12.2 Å². The van der Waals surface area contributed by atoms with E-state index in [2.05, 4.69) is 20.5 Å². The standard InChI is InChI=1S/C7H12N4OS/c1-5(13-2)3-8-7(12)6-9-4-10-11-6/h4-5H,3H2,1-2H3,(H,8,12)(H,9,10,11). The molecular formula is C7H12N4OS. The van der Waals surface area contributed by atoms with E-state index in [4.69, 9.17) is 0 Å². The monoisotopic (exact) mass is 200 g/mol. The van der Waals surface area contributed by atoms with Crippen LogP contribution in [0.2, 0.25) is 0 Å². The largest absolute Gasteiger partial charge is 0.348 e. The Labute approximate surface area is 80.7 Å². The zero-order valence-electron chi connectivity index (χ0n) is 7.57. The smallest absolute Gasteiger partial charge is 0.288 e. The zero-order valence-corrected chi connectivity index (χ0v) is 8.39. The van der Waals surface area contributed by atoms with Gasteiger partial charge in [0.15, 0.2) is 0 Å². The van der Waals surface area contributed by atoms with Crippen molar-refractivity contribution >= 4 is 17.7 Å². The van der Waals surface area contributed by atoms with Crippen molar-refractivity contribution in [2.75, 3.05) is 12.8 Å². The molecule has 1 aromatic heterocycles. The number of carbonyl (C=O) groups excluding carboxylic acids is 1. The van der Waals surface area contributed by atoms with Gasteiger partial charge in [-0.05, 0) is 6.26 Å². The van der Waals surface area contributed by atoms with E-state index in [1.54, 1.807) is 11.8 Å². The van der Waals surface area contributed by atoms with Crippen LogP contribution in [-0.2, 0) is 0 Å². The lowest BCUT2D eigenvalue weighted by Crippen LogP contribution is -2.30. The number of thioether (sulfide) groups is 1. The summed E-state index contributed by atoms with van der Waals surface area (Å²) in [5.74, 6) is 0.0479. The van der Waals surface area contributed by atoms with E-state index in [0.717, 1.165) is 0 Å². The molecule has 0 aliphatic carbocycles. The van der Waals surface area contributed by atoms with Crippen LogP contribution in [0.25, 0.3) is 0 Å². The first kappa shape index (κ1) is 10.0. The summed E-state index contributed by atoms with van der Waals surface area (Å²) < 4.78 is 0.